The second-order valence-corrected chi connectivity index (χ2v) is 6.39. The van der Waals surface area contributed by atoms with E-state index in [2.05, 4.69) is 20.7 Å². The average molecular weight is 419 g/mol. The van der Waals surface area contributed by atoms with Gasteiger partial charge >= 0.3 is 0 Å². The van der Waals surface area contributed by atoms with Crippen molar-refractivity contribution in [2.75, 3.05) is 14.2 Å². The van der Waals surface area contributed by atoms with Gasteiger partial charge < -0.3 is 9.47 Å². The van der Waals surface area contributed by atoms with Crippen molar-refractivity contribution < 1.29 is 14.3 Å². The number of nitrogens with one attached hydrogen (secondary N) is 2. The summed E-state index contributed by atoms with van der Waals surface area (Å²) in [6.07, 6.45) is 1.38. The Morgan fingerprint density at radius 2 is 1.82 bits per heavy atom. The summed E-state index contributed by atoms with van der Waals surface area (Å²) in [5, 5.41) is 11.6. The first-order valence-corrected chi connectivity index (χ1v) is 8.84. The van der Waals surface area contributed by atoms with Crippen LogP contribution >= 0.6 is 23.2 Å². The largest absolute Gasteiger partial charge is 0.493 e. The summed E-state index contributed by atoms with van der Waals surface area (Å²) >= 11 is 12.1. The number of ether oxygens (including phenoxy) is 2. The predicted octanol–water partition coefficient (Wildman–Crippen LogP) is 4.16. The number of halogens is 2. The normalized spacial score (nSPS) is 10.9. The van der Waals surface area contributed by atoms with E-state index in [0.717, 1.165) is 5.56 Å². The molecule has 0 spiro atoms. The molecule has 0 aliphatic rings. The molecule has 1 heterocycles. The molecule has 3 rings (SSSR count). The average Bonchev–Trinajstić information content (AvgIpc) is 3.20. The molecule has 2 aromatic carbocycles. The second-order valence-electron chi connectivity index (χ2n) is 5.57. The van der Waals surface area contributed by atoms with Crippen LogP contribution in [0.25, 0.3) is 11.3 Å². The van der Waals surface area contributed by atoms with Crippen molar-refractivity contribution in [3.05, 3.63) is 63.8 Å². The number of carbonyl (C=O) groups excluding carboxylic acids is 1. The zero-order chi connectivity index (χ0) is 20.1. The van der Waals surface area contributed by atoms with Crippen molar-refractivity contribution in [2.45, 2.75) is 0 Å². The minimum absolute atomic E-state index is 0.243. The number of methoxy groups -OCH3 is 2. The highest BCUT2D eigenvalue weighted by molar-refractivity contribution is 6.38. The maximum absolute atomic E-state index is 12.3. The van der Waals surface area contributed by atoms with E-state index in [1.807, 2.05) is 6.07 Å². The number of H-pyrrole nitrogens is 1. The molecule has 0 saturated heterocycles. The van der Waals surface area contributed by atoms with Crippen molar-refractivity contribution in [1.29, 1.82) is 0 Å². The molecule has 1 amide bonds. The van der Waals surface area contributed by atoms with Crippen LogP contribution in [-0.4, -0.2) is 36.5 Å². The summed E-state index contributed by atoms with van der Waals surface area (Å²) < 4.78 is 10.5. The van der Waals surface area contributed by atoms with Crippen LogP contribution in [0, 0.1) is 0 Å². The van der Waals surface area contributed by atoms with Gasteiger partial charge in [0.2, 0.25) is 0 Å². The quantitative estimate of drug-likeness (QED) is 0.464. The van der Waals surface area contributed by atoms with Crippen LogP contribution in [0.4, 0.5) is 0 Å². The molecule has 9 heteroatoms. The van der Waals surface area contributed by atoms with E-state index < -0.39 is 5.91 Å². The molecule has 1 aromatic heterocycles. The fourth-order valence-electron chi connectivity index (χ4n) is 2.43. The lowest BCUT2D eigenvalue weighted by Gasteiger charge is -2.08. The van der Waals surface area contributed by atoms with Gasteiger partial charge in [0.05, 0.1) is 36.2 Å². The molecule has 0 bridgehead atoms. The first-order valence-electron chi connectivity index (χ1n) is 8.08. The monoisotopic (exact) mass is 418 g/mol. The van der Waals surface area contributed by atoms with Gasteiger partial charge in [-0.15, -0.1) is 0 Å². The summed E-state index contributed by atoms with van der Waals surface area (Å²) in [5.74, 6) is 0.709. The first kappa shape index (κ1) is 19.7. The summed E-state index contributed by atoms with van der Waals surface area (Å²) in [5.41, 5.74) is 4.50. The smallest absolute Gasteiger partial charge is 0.289 e. The highest BCUT2D eigenvalue weighted by atomic mass is 35.5. The molecular formula is C19H16Cl2N4O3. The van der Waals surface area contributed by atoms with Crippen LogP contribution in [0.15, 0.2) is 47.6 Å². The molecule has 7 nitrogen and oxygen atoms in total. The van der Waals surface area contributed by atoms with Crippen LogP contribution in [0.3, 0.4) is 0 Å². The number of hydrogen-bond acceptors (Lipinski definition) is 5. The Morgan fingerprint density at radius 3 is 2.50 bits per heavy atom. The third-order valence-corrected chi connectivity index (χ3v) is 4.52. The summed E-state index contributed by atoms with van der Waals surface area (Å²) in [6.45, 7) is 0. The minimum Gasteiger partial charge on any atom is -0.493 e. The third kappa shape index (κ3) is 4.27. The fourth-order valence-corrected chi connectivity index (χ4v) is 2.93. The summed E-state index contributed by atoms with van der Waals surface area (Å²) in [6, 6.07) is 12.0. The predicted molar refractivity (Wildman–Crippen MR) is 109 cm³/mol. The van der Waals surface area contributed by atoms with Crippen LogP contribution in [0.1, 0.15) is 16.1 Å². The molecule has 0 radical (unpaired) electrons. The Balaban J connectivity index is 1.73. The fraction of sp³-hybridized carbons (Fsp3) is 0.105. The molecular weight excluding hydrogens is 403 g/mol. The van der Waals surface area contributed by atoms with Gasteiger partial charge in [0, 0.05) is 11.1 Å². The number of carbonyl (C=O) groups is 1. The van der Waals surface area contributed by atoms with Gasteiger partial charge in [-0.25, -0.2) is 5.43 Å². The number of rotatable bonds is 6. The van der Waals surface area contributed by atoms with E-state index in [4.69, 9.17) is 32.7 Å². The van der Waals surface area contributed by atoms with Gasteiger partial charge in [0.1, 0.15) is 5.69 Å². The number of aromatic amines is 1. The Hall–Kier alpha value is -3.03. The van der Waals surface area contributed by atoms with Crippen molar-refractivity contribution in [3.8, 4) is 22.8 Å². The van der Waals surface area contributed by atoms with Crippen LogP contribution in [0.5, 0.6) is 11.5 Å². The Morgan fingerprint density at radius 1 is 1.11 bits per heavy atom. The SMILES string of the molecule is COc1ccc(-c2cc(C(=O)N/N=C/c3c(Cl)cccc3Cl)[nH]n2)cc1OC. The number of hydrogen-bond donors (Lipinski definition) is 2. The molecule has 2 N–H and O–H groups in total. The zero-order valence-electron chi connectivity index (χ0n) is 15.0. The number of amides is 1. The first-order chi connectivity index (χ1) is 13.5. The van der Waals surface area contributed by atoms with E-state index in [9.17, 15) is 4.79 Å². The number of aromatic nitrogens is 2. The number of hydrazone groups is 1. The second kappa shape index (κ2) is 8.77. The van der Waals surface area contributed by atoms with Crippen LogP contribution < -0.4 is 14.9 Å². The maximum atomic E-state index is 12.3. The van der Waals surface area contributed by atoms with Gasteiger partial charge in [-0.3, -0.25) is 9.89 Å². The lowest BCUT2D eigenvalue weighted by molar-refractivity contribution is 0.0950. The molecule has 0 unspecified atom stereocenters. The van der Waals surface area contributed by atoms with E-state index in [1.165, 1.54) is 6.21 Å². The topological polar surface area (TPSA) is 88.6 Å². The minimum atomic E-state index is -0.460. The van der Waals surface area contributed by atoms with E-state index >= 15 is 0 Å². The molecule has 0 saturated carbocycles. The molecule has 0 aliphatic heterocycles. The maximum Gasteiger partial charge on any atom is 0.289 e. The van der Waals surface area contributed by atoms with Crippen molar-refractivity contribution in [1.82, 2.24) is 15.6 Å². The van der Waals surface area contributed by atoms with E-state index in [1.54, 1.807) is 50.6 Å². The molecule has 0 atom stereocenters. The lowest BCUT2D eigenvalue weighted by atomic mass is 10.1. The van der Waals surface area contributed by atoms with Gasteiger partial charge in [0.15, 0.2) is 11.5 Å². The zero-order valence-corrected chi connectivity index (χ0v) is 16.5. The highest BCUT2D eigenvalue weighted by Gasteiger charge is 2.13. The summed E-state index contributed by atoms with van der Waals surface area (Å²) in [7, 11) is 3.11. The standard InChI is InChI=1S/C19H16Cl2N4O3/c1-27-17-7-6-11(8-18(17)28-2)15-9-16(24-23-15)19(26)25-22-10-12-13(20)4-3-5-14(12)21/h3-10H,1-2H3,(H,23,24)(H,25,26)/b22-10+. The van der Waals surface area contributed by atoms with Gasteiger partial charge in [0.25, 0.3) is 5.91 Å². The number of benzene rings is 2. The van der Waals surface area contributed by atoms with Gasteiger partial charge in [-0.2, -0.15) is 10.2 Å². The van der Waals surface area contributed by atoms with Crippen LogP contribution in [-0.2, 0) is 0 Å². The molecule has 3 aromatic rings. The van der Waals surface area contributed by atoms with Crippen molar-refractivity contribution >= 4 is 35.3 Å². The molecule has 28 heavy (non-hydrogen) atoms. The van der Waals surface area contributed by atoms with E-state index in [0.29, 0.717) is 32.8 Å². The lowest BCUT2D eigenvalue weighted by Crippen LogP contribution is -2.18. The summed E-state index contributed by atoms with van der Waals surface area (Å²) in [4.78, 5) is 12.3. The molecule has 0 aliphatic carbocycles. The Bertz CT molecular complexity index is 1010. The van der Waals surface area contributed by atoms with E-state index in [-0.39, 0.29) is 5.69 Å². The van der Waals surface area contributed by atoms with Crippen LogP contribution in [0.2, 0.25) is 10.0 Å². The number of nitrogens with zero attached hydrogens (tertiary/aromatic N) is 2. The molecule has 144 valence electrons. The third-order valence-electron chi connectivity index (χ3n) is 3.86. The highest BCUT2D eigenvalue weighted by Crippen LogP contribution is 2.31. The van der Waals surface area contributed by atoms with Crippen molar-refractivity contribution in [2.24, 2.45) is 5.10 Å². The Labute approximate surface area is 171 Å². The van der Waals surface area contributed by atoms with Gasteiger partial charge in [-0.1, -0.05) is 29.3 Å². The van der Waals surface area contributed by atoms with Gasteiger partial charge in [-0.05, 0) is 36.4 Å². The molecule has 0 fully saturated rings. The van der Waals surface area contributed by atoms with Crippen molar-refractivity contribution in [3.63, 3.8) is 0 Å². The Kier molecular flexibility index (Phi) is 6.18.